The largest absolute Gasteiger partial charge is 0.299 e. The average molecular weight is 449 g/mol. The Morgan fingerprint density at radius 3 is 0.324 bits per heavy atom. The van der Waals surface area contributed by atoms with E-state index < -0.39 is 0 Å². The number of hydrogen-bond donors (Lipinski definition) is 0. The molecule has 0 aromatic carbocycles. The van der Waals surface area contributed by atoms with Crippen LogP contribution in [0.25, 0.3) is 0 Å². The molecule has 2 nitrogen and oxygen atoms in total. The summed E-state index contributed by atoms with van der Waals surface area (Å²) in [5, 5.41) is 0. The van der Waals surface area contributed by atoms with Gasteiger partial charge < -0.3 is 0 Å². The van der Waals surface area contributed by atoms with E-state index in [9.17, 15) is 9.59 Å². The van der Waals surface area contributed by atoms with Gasteiger partial charge in [-0.2, -0.15) is 0 Å². The molecule has 0 aromatic heterocycles. The monoisotopic (exact) mass is 448 g/mol. The minimum Gasteiger partial charge on any atom is -0.299 e. The summed E-state index contributed by atoms with van der Waals surface area (Å²) in [6, 6.07) is 0. The van der Waals surface area contributed by atoms with Gasteiger partial charge in [-0.1, -0.05) is 170 Å². The standard InChI is InChI=1S/C32H32O2/c33-31-29-27-25-23-21-19-17-15-13-11-9-7-5-3-1-2-4-6-8-10-12-14-16-18-20-22-24-26-28-30-32-34/h1-32H. The fourth-order valence-electron chi connectivity index (χ4n) is 1.89. The van der Waals surface area contributed by atoms with Gasteiger partial charge in [0.25, 0.3) is 0 Å². The predicted molar refractivity (Wildman–Crippen MR) is 149 cm³/mol. The molecule has 172 valence electrons. The maximum atomic E-state index is 10.1. The fraction of sp³-hybridized carbons (Fsp3) is 0. The van der Waals surface area contributed by atoms with E-state index >= 15 is 0 Å². The van der Waals surface area contributed by atoms with Crippen LogP contribution < -0.4 is 0 Å². The minimum atomic E-state index is 0.745. The van der Waals surface area contributed by atoms with E-state index in [4.69, 9.17) is 0 Å². The third-order valence-corrected chi connectivity index (χ3v) is 3.38. The van der Waals surface area contributed by atoms with E-state index in [2.05, 4.69) is 0 Å². The third kappa shape index (κ3) is 27.4. The van der Waals surface area contributed by atoms with Gasteiger partial charge in [-0.25, -0.2) is 0 Å². The number of rotatable bonds is 16. The van der Waals surface area contributed by atoms with Crippen LogP contribution in [0.1, 0.15) is 0 Å². The number of allylic oxidation sites excluding steroid dienone is 30. The smallest absolute Gasteiger partial charge is 0.142 e. The van der Waals surface area contributed by atoms with Crippen molar-refractivity contribution in [2.75, 3.05) is 0 Å². The molecule has 34 heavy (non-hydrogen) atoms. The molecule has 0 heterocycles. The lowest BCUT2D eigenvalue weighted by molar-refractivity contribution is -0.104. The molecule has 0 amide bonds. The number of aldehydes is 2. The first-order valence-corrected chi connectivity index (χ1v) is 10.8. The molecule has 0 rings (SSSR count). The Hall–Kier alpha value is -4.56. The Kier molecular flexibility index (Phi) is 24.6. The Morgan fingerprint density at radius 2 is 0.235 bits per heavy atom. The molecule has 2 heteroatoms. The van der Waals surface area contributed by atoms with E-state index in [-0.39, 0.29) is 0 Å². The van der Waals surface area contributed by atoms with Crippen LogP contribution in [0.4, 0.5) is 0 Å². The van der Waals surface area contributed by atoms with Crippen molar-refractivity contribution in [3.63, 3.8) is 0 Å². The highest BCUT2D eigenvalue weighted by Crippen LogP contribution is 1.88. The molecule has 0 bridgehead atoms. The normalized spacial score (nSPS) is 14.7. The molecule has 0 aliphatic heterocycles. The van der Waals surface area contributed by atoms with E-state index in [1.807, 2.05) is 146 Å². The Morgan fingerprint density at radius 1 is 0.147 bits per heavy atom. The van der Waals surface area contributed by atoms with Crippen LogP contribution in [0.5, 0.6) is 0 Å². The van der Waals surface area contributed by atoms with Gasteiger partial charge in [0, 0.05) is 0 Å². The summed E-state index contributed by atoms with van der Waals surface area (Å²) in [6.45, 7) is 0. The zero-order chi connectivity index (χ0) is 24.6. The van der Waals surface area contributed by atoms with Crippen LogP contribution in [-0.2, 0) is 9.59 Å². The first-order chi connectivity index (χ1) is 16.9. The molecule has 0 saturated carbocycles. The Bertz CT molecular complexity index is 894. The maximum absolute atomic E-state index is 10.1. The fourth-order valence-corrected chi connectivity index (χ4v) is 1.89. The lowest BCUT2D eigenvalue weighted by atomic mass is 10.3. The highest BCUT2D eigenvalue weighted by Gasteiger charge is 1.67. The van der Waals surface area contributed by atoms with Crippen molar-refractivity contribution >= 4 is 12.6 Å². The summed E-state index contributed by atoms with van der Waals surface area (Å²) in [4.78, 5) is 20.2. The summed E-state index contributed by atoms with van der Waals surface area (Å²) in [5.74, 6) is 0. The number of carbonyl (C=O) groups is 2. The van der Waals surface area contributed by atoms with Gasteiger partial charge in [0.15, 0.2) is 0 Å². The van der Waals surface area contributed by atoms with Crippen LogP contribution in [0.15, 0.2) is 182 Å². The van der Waals surface area contributed by atoms with Crippen LogP contribution in [0.2, 0.25) is 0 Å². The van der Waals surface area contributed by atoms with Crippen molar-refractivity contribution < 1.29 is 9.59 Å². The first-order valence-electron chi connectivity index (χ1n) is 10.8. The molecule has 0 fully saturated rings. The van der Waals surface area contributed by atoms with E-state index in [0.717, 1.165) is 12.6 Å². The highest BCUT2D eigenvalue weighted by molar-refractivity contribution is 5.65. The van der Waals surface area contributed by atoms with Crippen LogP contribution in [0.3, 0.4) is 0 Å². The van der Waals surface area contributed by atoms with Crippen LogP contribution in [0, 0.1) is 0 Å². The Balaban J connectivity index is 3.99. The highest BCUT2D eigenvalue weighted by atomic mass is 16.1. The molecule has 0 unspecified atom stereocenters. The molecule has 0 aromatic rings. The van der Waals surface area contributed by atoms with E-state index in [1.165, 1.54) is 12.2 Å². The second-order valence-corrected chi connectivity index (χ2v) is 6.05. The summed E-state index contributed by atoms with van der Waals surface area (Å²) in [7, 11) is 0. The summed E-state index contributed by atoms with van der Waals surface area (Å²) < 4.78 is 0. The van der Waals surface area contributed by atoms with Crippen molar-refractivity contribution in [1.82, 2.24) is 0 Å². The molecular weight excluding hydrogens is 416 g/mol. The van der Waals surface area contributed by atoms with E-state index in [0.29, 0.717) is 0 Å². The molecule has 0 N–H and O–H groups in total. The maximum Gasteiger partial charge on any atom is 0.142 e. The quantitative estimate of drug-likeness (QED) is 0.138. The second kappa shape index (κ2) is 28.4. The van der Waals surface area contributed by atoms with Crippen LogP contribution in [-0.4, -0.2) is 12.6 Å². The number of hydrogen-bond acceptors (Lipinski definition) is 2. The summed E-state index contributed by atoms with van der Waals surface area (Å²) in [6.07, 6.45) is 57.8. The van der Waals surface area contributed by atoms with Crippen molar-refractivity contribution in [3.8, 4) is 0 Å². The lowest BCUT2D eigenvalue weighted by Crippen LogP contribution is -1.56. The Labute approximate surface area is 204 Å². The second-order valence-electron chi connectivity index (χ2n) is 6.05. The molecule has 0 aliphatic carbocycles. The topological polar surface area (TPSA) is 34.1 Å². The molecular formula is C32H32O2. The van der Waals surface area contributed by atoms with Gasteiger partial charge in [0.2, 0.25) is 0 Å². The van der Waals surface area contributed by atoms with Crippen molar-refractivity contribution in [3.05, 3.63) is 182 Å². The zero-order valence-electron chi connectivity index (χ0n) is 19.3. The first kappa shape index (κ1) is 29.4. The minimum absolute atomic E-state index is 0.745. The van der Waals surface area contributed by atoms with Gasteiger partial charge in [-0.15, -0.1) is 0 Å². The SMILES string of the molecule is O=CC=CC=CC=CC=CC=CC=CC=CC=CC=CC=CC=CC=CC=CC=CC=CC=O. The lowest BCUT2D eigenvalue weighted by Gasteiger charge is -1.76. The van der Waals surface area contributed by atoms with Crippen molar-refractivity contribution in [2.24, 2.45) is 0 Å². The summed E-state index contributed by atoms with van der Waals surface area (Å²) in [5.41, 5.74) is 0. The van der Waals surface area contributed by atoms with Gasteiger partial charge in [0.05, 0.1) is 0 Å². The average Bonchev–Trinajstić information content (AvgIpc) is 2.85. The molecule has 0 radical (unpaired) electrons. The summed E-state index contributed by atoms with van der Waals surface area (Å²) >= 11 is 0. The van der Waals surface area contributed by atoms with Gasteiger partial charge in [-0.3, -0.25) is 9.59 Å². The van der Waals surface area contributed by atoms with E-state index in [1.54, 1.807) is 24.3 Å². The molecule has 0 spiro atoms. The van der Waals surface area contributed by atoms with Gasteiger partial charge in [-0.05, 0) is 12.2 Å². The van der Waals surface area contributed by atoms with Gasteiger partial charge in [0.1, 0.15) is 12.6 Å². The van der Waals surface area contributed by atoms with Gasteiger partial charge >= 0.3 is 0 Å². The van der Waals surface area contributed by atoms with Crippen LogP contribution >= 0.6 is 0 Å². The molecule has 0 saturated heterocycles. The van der Waals surface area contributed by atoms with Crippen molar-refractivity contribution in [1.29, 1.82) is 0 Å². The zero-order valence-corrected chi connectivity index (χ0v) is 19.3. The molecule has 0 aliphatic rings. The van der Waals surface area contributed by atoms with Crippen molar-refractivity contribution in [2.45, 2.75) is 0 Å². The molecule has 0 atom stereocenters. The number of carbonyl (C=O) groups excluding carboxylic acids is 2. The predicted octanol–water partition coefficient (Wildman–Crippen LogP) is 7.73. The third-order valence-electron chi connectivity index (χ3n) is 3.38.